The summed E-state index contributed by atoms with van der Waals surface area (Å²) in [6.07, 6.45) is 0. The first-order valence-electron chi connectivity index (χ1n) is 5.76. The van der Waals surface area contributed by atoms with Crippen molar-refractivity contribution in [1.82, 2.24) is 9.55 Å². The van der Waals surface area contributed by atoms with E-state index >= 15 is 0 Å². The highest BCUT2D eigenvalue weighted by Gasteiger charge is 2.06. The average molecular weight is 337 g/mol. The van der Waals surface area contributed by atoms with Crippen LogP contribution in [0.3, 0.4) is 0 Å². The normalized spacial score (nSPS) is 11.1. The van der Waals surface area contributed by atoms with Crippen LogP contribution >= 0.6 is 28.1 Å². The first-order chi connectivity index (χ1) is 9.13. The van der Waals surface area contributed by atoms with Crippen LogP contribution in [0.5, 0.6) is 0 Å². The molecule has 5 heteroatoms. The predicted molar refractivity (Wildman–Crippen MR) is 80.3 cm³/mol. The summed E-state index contributed by atoms with van der Waals surface area (Å²) in [6.45, 7) is 0.657. The lowest BCUT2D eigenvalue weighted by Gasteiger charge is -2.05. The number of hydrogen-bond acceptors (Lipinski definition) is 1. The van der Waals surface area contributed by atoms with Gasteiger partial charge in [-0.15, -0.1) is 0 Å². The summed E-state index contributed by atoms with van der Waals surface area (Å²) in [5, 5.41) is 0. The van der Waals surface area contributed by atoms with Crippen LogP contribution in [0, 0.1) is 10.6 Å². The lowest BCUT2D eigenvalue weighted by atomic mass is 10.2. The quantitative estimate of drug-likeness (QED) is 0.675. The third-order valence-corrected chi connectivity index (χ3v) is 3.78. The van der Waals surface area contributed by atoms with E-state index in [1.165, 1.54) is 12.1 Å². The number of benzene rings is 2. The molecule has 0 aliphatic heterocycles. The molecule has 1 aromatic heterocycles. The van der Waals surface area contributed by atoms with Crippen molar-refractivity contribution in [2.45, 2.75) is 6.54 Å². The van der Waals surface area contributed by atoms with E-state index in [1.807, 2.05) is 28.8 Å². The summed E-state index contributed by atoms with van der Waals surface area (Å²) >= 11 is 8.75. The SMILES string of the molecule is Fc1ccc2c(c1)[nH]c(=S)n2Cc1cccc(Br)c1. The molecule has 1 N–H and O–H groups in total. The molecule has 3 rings (SSSR count). The molecule has 19 heavy (non-hydrogen) atoms. The number of aromatic amines is 1. The molecule has 0 unspecified atom stereocenters. The highest BCUT2D eigenvalue weighted by atomic mass is 79.9. The Morgan fingerprint density at radius 1 is 1.21 bits per heavy atom. The largest absolute Gasteiger partial charge is 0.330 e. The fraction of sp³-hybridized carbons (Fsp3) is 0.0714. The topological polar surface area (TPSA) is 20.7 Å². The first kappa shape index (κ1) is 12.6. The molecule has 2 aromatic carbocycles. The Balaban J connectivity index is 2.10. The molecule has 3 aromatic rings. The standard InChI is InChI=1S/C14H10BrFN2S/c15-10-3-1-2-9(6-10)8-18-13-5-4-11(16)7-12(13)17-14(18)19/h1-7H,8H2,(H,17,19). The Labute approximate surface area is 123 Å². The maximum Gasteiger partial charge on any atom is 0.178 e. The summed E-state index contributed by atoms with van der Waals surface area (Å²) in [4.78, 5) is 3.03. The molecule has 0 fully saturated rings. The van der Waals surface area contributed by atoms with Gasteiger partial charge in [-0.05, 0) is 48.1 Å². The van der Waals surface area contributed by atoms with Gasteiger partial charge in [-0.3, -0.25) is 0 Å². The van der Waals surface area contributed by atoms with E-state index in [4.69, 9.17) is 12.2 Å². The molecule has 0 saturated carbocycles. The lowest BCUT2D eigenvalue weighted by Crippen LogP contribution is -1.99. The second-order valence-electron chi connectivity index (χ2n) is 4.31. The van der Waals surface area contributed by atoms with Crippen molar-refractivity contribution in [2.24, 2.45) is 0 Å². The van der Waals surface area contributed by atoms with Crippen molar-refractivity contribution in [1.29, 1.82) is 0 Å². The van der Waals surface area contributed by atoms with Gasteiger partial charge in [-0.25, -0.2) is 4.39 Å². The number of aromatic nitrogens is 2. The van der Waals surface area contributed by atoms with Gasteiger partial charge in [0.05, 0.1) is 17.6 Å². The average Bonchev–Trinajstić information content (AvgIpc) is 2.65. The van der Waals surface area contributed by atoms with Gasteiger partial charge < -0.3 is 9.55 Å². The van der Waals surface area contributed by atoms with Crippen LogP contribution in [-0.4, -0.2) is 9.55 Å². The van der Waals surface area contributed by atoms with Crippen molar-refractivity contribution in [2.75, 3.05) is 0 Å². The van der Waals surface area contributed by atoms with E-state index in [-0.39, 0.29) is 5.82 Å². The third-order valence-electron chi connectivity index (χ3n) is 2.97. The zero-order chi connectivity index (χ0) is 13.4. The van der Waals surface area contributed by atoms with E-state index in [1.54, 1.807) is 6.07 Å². The van der Waals surface area contributed by atoms with Gasteiger partial charge in [0.1, 0.15) is 5.82 Å². The number of nitrogens with one attached hydrogen (secondary N) is 1. The monoisotopic (exact) mass is 336 g/mol. The molecule has 0 bridgehead atoms. The molecular formula is C14H10BrFN2S. The van der Waals surface area contributed by atoms with E-state index in [2.05, 4.69) is 20.9 Å². The van der Waals surface area contributed by atoms with Crippen LogP contribution < -0.4 is 0 Å². The molecule has 2 nitrogen and oxygen atoms in total. The molecule has 0 amide bonds. The molecule has 0 spiro atoms. The summed E-state index contributed by atoms with van der Waals surface area (Å²) in [7, 11) is 0. The van der Waals surface area contributed by atoms with Crippen LogP contribution in [0.1, 0.15) is 5.56 Å². The maximum absolute atomic E-state index is 13.2. The van der Waals surface area contributed by atoms with Gasteiger partial charge in [0.2, 0.25) is 0 Å². The number of hydrogen-bond donors (Lipinski definition) is 1. The van der Waals surface area contributed by atoms with Crippen molar-refractivity contribution < 1.29 is 4.39 Å². The molecule has 0 atom stereocenters. The van der Waals surface area contributed by atoms with Gasteiger partial charge >= 0.3 is 0 Å². The minimum atomic E-state index is -0.265. The number of fused-ring (bicyclic) bond motifs is 1. The Hall–Kier alpha value is -1.46. The van der Waals surface area contributed by atoms with Gasteiger partial charge in [0, 0.05) is 4.47 Å². The van der Waals surface area contributed by atoms with Crippen molar-refractivity contribution >= 4 is 39.2 Å². The summed E-state index contributed by atoms with van der Waals surface area (Å²) in [6, 6.07) is 12.7. The molecule has 0 aliphatic carbocycles. The summed E-state index contributed by atoms with van der Waals surface area (Å²) in [5.74, 6) is -0.265. The Kier molecular flexibility index (Phi) is 3.24. The van der Waals surface area contributed by atoms with Gasteiger partial charge in [0.15, 0.2) is 4.77 Å². The highest BCUT2D eigenvalue weighted by molar-refractivity contribution is 9.10. The fourth-order valence-corrected chi connectivity index (χ4v) is 2.83. The predicted octanol–water partition coefficient (Wildman–Crippen LogP) is 4.65. The molecule has 0 radical (unpaired) electrons. The van der Waals surface area contributed by atoms with Gasteiger partial charge in [0.25, 0.3) is 0 Å². The molecule has 0 aliphatic rings. The Morgan fingerprint density at radius 2 is 2.05 bits per heavy atom. The van der Waals surface area contributed by atoms with Crippen LogP contribution in [-0.2, 0) is 6.54 Å². The number of rotatable bonds is 2. The number of imidazole rings is 1. The number of nitrogens with zero attached hydrogens (tertiary/aromatic N) is 1. The van der Waals surface area contributed by atoms with Gasteiger partial charge in [-0.2, -0.15) is 0 Å². The summed E-state index contributed by atoms with van der Waals surface area (Å²) in [5.41, 5.74) is 2.77. The van der Waals surface area contributed by atoms with Crippen molar-refractivity contribution in [3.63, 3.8) is 0 Å². The van der Waals surface area contributed by atoms with Crippen LogP contribution in [0.4, 0.5) is 4.39 Å². The molecule has 0 saturated heterocycles. The van der Waals surface area contributed by atoms with Crippen LogP contribution in [0.25, 0.3) is 11.0 Å². The first-order valence-corrected chi connectivity index (χ1v) is 6.96. The minimum absolute atomic E-state index is 0.265. The van der Waals surface area contributed by atoms with Crippen molar-refractivity contribution in [3.8, 4) is 0 Å². The zero-order valence-corrected chi connectivity index (χ0v) is 12.3. The number of halogens is 2. The van der Waals surface area contributed by atoms with Crippen LogP contribution in [0.15, 0.2) is 46.9 Å². The second-order valence-corrected chi connectivity index (χ2v) is 5.61. The Bertz CT molecular complexity index is 807. The third kappa shape index (κ3) is 2.48. The lowest BCUT2D eigenvalue weighted by molar-refractivity contribution is 0.629. The van der Waals surface area contributed by atoms with Gasteiger partial charge in [-0.1, -0.05) is 28.1 Å². The smallest absolute Gasteiger partial charge is 0.178 e. The molecular weight excluding hydrogens is 327 g/mol. The molecule has 96 valence electrons. The molecule has 1 heterocycles. The van der Waals surface area contributed by atoms with E-state index < -0.39 is 0 Å². The minimum Gasteiger partial charge on any atom is -0.330 e. The summed E-state index contributed by atoms with van der Waals surface area (Å²) < 4.78 is 16.8. The second kappa shape index (κ2) is 4.90. The maximum atomic E-state index is 13.2. The Morgan fingerprint density at radius 3 is 2.84 bits per heavy atom. The zero-order valence-electron chi connectivity index (χ0n) is 9.86. The van der Waals surface area contributed by atoms with E-state index in [0.717, 1.165) is 21.1 Å². The fourth-order valence-electron chi connectivity index (χ4n) is 2.11. The van der Waals surface area contributed by atoms with E-state index in [9.17, 15) is 4.39 Å². The number of H-pyrrole nitrogens is 1. The van der Waals surface area contributed by atoms with Crippen LogP contribution in [0.2, 0.25) is 0 Å². The van der Waals surface area contributed by atoms with Crippen molar-refractivity contribution in [3.05, 3.63) is 63.1 Å². The van der Waals surface area contributed by atoms with E-state index in [0.29, 0.717) is 11.3 Å². The highest BCUT2D eigenvalue weighted by Crippen LogP contribution is 2.18.